The number of nitrogens with zero attached hydrogens (tertiary/aromatic N) is 1. The number of nitro groups is 1. The molecule has 10 heteroatoms. The maximum absolute atomic E-state index is 11.8. The fourth-order valence-electron chi connectivity index (χ4n) is 1.25. The molecule has 1 aromatic carbocycles. The van der Waals surface area contributed by atoms with Crippen molar-refractivity contribution in [2.24, 2.45) is 0 Å². The molecule has 0 unspecified atom stereocenters. The zero-order valence-corrected chi connectivity index (χ0v) is 10.5. The molecule has 0 aliphatic heterocycles. The molecule has 1 N–H and O–H groups in total. The van der Waals surface area contributed by atoms with Crippen LogP contribution in [0.4, 0.5) is 18.9 Å². The number of carboxylic acid groups (broad SMARTS) is 1. The van der Waals surface area contributed by atoms with Crippen molar-refractivity contribution in [1.29, 1.82) is 0 Å². The molecule has 0 aliphatic rings. The van der Waals surface area contributed by atoms with Crippen molar-refractivity contribution < 1.29 is 32.7 Å². The van der Waals surface area contributed by atoms with E-state index in [2.05, 4.69) is 0 Å². The van der Waals surface area contributed by atoms with Gasteiger partial charge in [0.15, 0.2) is 0 Å². The summed E-state index contributed by atoms with van der Waals surface area (Å²) in [5.74, 6) is -1.94. The molecule has 0 fully saturated rings. The van der Waals surface area contributed by atoms with E-state index >= 15 is 0 Å². The number of ether oxygens (including phenoxy) is 1. The number of thioether (sulfide) groups is 1. The second kappa shape index (κ2) is 6.46. The quantitative estimate of drug-likeness (QED) is 0.493. The summed E-state index contributed by atoms with van der Waals surface area (Å²) in [6, 6.07) is 2.96. The minimum atomic E-state index is -4.37. The lowest BCUT2D eigenvalue weighted by Gasteiger charge is -2.08. The molecule has 20 heavy (non-hydrogen) atoms. The Balaban J connectivity index is 2.71. The van der Waals surface area contributed by atoms with Crippen molar-refractivity contribution >= 4 is 23.4 Å². The molecule has 0 spiro atoms. The Labute approximate surface area is 114 Å². The standard InChI is InChI=1S/C10H8F3NO5S/c11-10(12,13)20-4-3-19-6-1-2-8(14(17)18)7(5-6)9(15)16/h1-2,5H,3-4H2,(H,15,16). The van der Waals surface area contributed by atoms with Gasteiger partial charge in [0.2, 0.25) is 0 Å². The van der Waals surface area contributed by atoms with Gasteiger partial charge in [0.05, 0.1) is 11.5 Å². The van der Waals surface area contributed by atoms with Crippen LogP contribution >= 0.6 is 11.8 Å². The van der Waals surface area contributed by atoms with Gasteiger partial charge >= 0.3 is 11.5 Å². The predicted octanol–water partition coefficient (Wildman–Crippen LogP) is 2.92. The average Bonchev–Trinajstić information content (AvgIpc) is 2.33. The molecule has 0 radical (unpaired) electrons. The first kappa shape index (κ1) is 16.1. The van der Waals surface area contributed by atoms with Crippen LogP contribution in [0.15, 0.2) is 18.2 Å². The largest absolute Gasteiger partial charge is 0.493 e. The highest BCUT2D eigenvalue weighted by Gasteiger charge is 2.27. The summed E-state index contributed by atoms with van der Waals surface area (Å²) in [6.07, 6.45) is 0. The molecular formula is C10H8F3NO5S. The first-order chi connectivity index (χ1) is 9.20. The minimum Gasteiger partial charge on any atom is -0.493 e. The smallest absolute Gasteiger partial charge is 0.441 e. The number of carbonyl (C=O) groups is 1. The third kappa shape index (κ3) is 4.96. The Morgan fingerprint density at radius 3 is 2.60 bits per heavy atom. The maximum Gasteiger partial charge on any atom is 0.441 e. The van der Waals surface area contributed by atoms with Crippen molar-refractivity contribution in [1.82, 2.24) is 0 Å². The lowest BCUT2D eigenvalue weighted by molar-refractivity contribution is -0.385. The zero-order valence-electron chi connectivity index (χ0n) is 9.72. The molecule has 0 aromatic heterocycles. The van der Waals surface area contributed by atoms with Gasteiger partial charge in [-0.15, -0.1) is 0 Å². The number of aromatic carboxylic acids is 1. The molecule has 6 nitrogen and oxygen atoms in total. The van der Waals surface area contributed by atoms with Crippen LogP contribution in [0, 0.1) is 10.1 Å². The molecule has 110 valence electrons. The van der Waals surface area contributed by atoms with Crippen LogP contribution in [0.2, 0.25) is 0 Å². The van der Waals surface area contributed by atoms with Gasteiger partial charge in [-0.25, -0.2) is 4.79 Å². The predicted molar refractivity (Wildman–Crippen MR) is 64.1 cm³/mol. The number of hydrogen-bond donors (Lipinski definition) is 1. The fourth-order valence-corrected chi connectivity index (χ4v) is 1.65. The molecule has 1 aromatic rings. The summed E-state index contributed by atoms with van der Waals surface area (Å²) >= 11 is -0.278. The number of halogens is 3. The van der Waals surface area contributed by atoms with Crippen LogP contribution < -0.4 is 4.74 Å². The topological polar surface area (TPSA) is 89.7 Å². The molecular weight excluding hydrogens is 303 g/mol. The van der Waals surface area contributed by atoms with Gasteiger partial charge in [-0.05, 0) is 17.8 Å². The maximum atomic E-state index is 11.8. The van der Waals surface area contributed by atoms with Gasteiger partial charge in [-0.3, -0.25) is 10.1 Å². The zero-order chi connectivity index (χ0) is 15.3. The number of benzene rings is 1. The van der Waals surface area contributed by atoms with Gasteiger partial charge in [-0.1, -0.05) is 0 Å². The van der Waals surface area contributed by atoms with E-state index in [0.29, 0.717) is 0 Å². The number of rotatable bonds is 6. The lowest BCUT2D eigenvalue weighted by Crippen LogP contribution is -2.08. The Morgan fingerprint density at radius 1 is 1.45 bits per heavy atom. The van der Waals surface area contributed by atoms with Gasteiger partial charge < -0.3 is 9.84 Å². The molecule has 0 bridgehead atoms. The van der Waals surface area contributed by atoms with Gasteiger partial charge in [0.1, 0.15) is 11.3 Å². The van der Waals surface area contributed by atoms with E-state index < -0.39 is 27.7 Å². The third-order valence-electron chi connectivity index (χ3n) is 2.01. The molecule has 0 heterocycles. The molecule has 0 aliphatic carbocycles. The number of alkyl halides is 3. The summed E-state index contributed by atoms with van der Waals surface area (Å²) in [4.78, 5) is 20.5. The van der Waals surface area contributed by atoms with Gasteiger partial charge in [0, 0.05) is 17.9 Å². The molecule has 0 atom stereocenters. The monoisotopic (exact) mass is 311 g/mol. The SMILES string of the molecule is O=C(O)c1cc(OCCSC(F)(F)F)ccc1[N+](=O)[O-]. The number of nitro benzene ring substituents is 1. The normalized spacial score (nSPS) is 11.2. The van der Waals surface area contributed by atoms with E-state index in [1.54, 1.807) is 0 Å². The van der Waals surface area contributed by atoms with Crippen molar-refractivity contribution in [2.45, 2.75) is 5.51 Å². The summed E-state index contributed by atoms with van der Waals surface area (Å²) in [5.41, 5.74) is -5.57. The summed E-state index contributed by atoms with van der Waals surface area (Å²) in [6.45, 7) is -0.305. The molecule has 0 amide bonds. The minimum absolute atomic E-state index is 0.0456. The molecule has 0 saturated heterocycles. The van der Waals surface area contributed by atoms with E-state index in [1.807, 2.05) is 0 Å². The highest BCUT2D eigenvalue weighted by molar-refractivity contribution is 8.00. The Bertz CT molecular complexity index is 520. The van der Waals surface area contributed by atoms with Crippen LogP contribution in [-0.2, 0) is 0 Å². The first-order valence-corrected chi connectivity index (χ1v) is 6.04. The van der Waals surface area contributed by atoms with Crippen LogP contribution in [0.3, 0.4) is 0 Å². The van der Waals surface area contributed by atoms with E-state index in [-0.39, 0.29) is 29.9 Å². The third-order valence-corrected chi connectivity index (χ3v) is 2.71. The summed E-state index contributed by atoms with van der Waals surface area (Å²) in [7, 11) is 0. The van der Waals surface area contributed by atoms with E-state index in [9.17, 15) is 28.1 Å². The summed E-state index contributed by atoms with van der Waals surface area (Å²) < 4.78 is 40.5. The van der Waals surface area contributed by atoms with Crippen molar-refractivity contribution in [3.05, 3.63) is 33.9 Å². The van der Waals surface area contributed by atoms with E-state index in [1.165, 1.54) is 0 Å². The van der Waals surface area contributed by atoms with Crippen molar-refractivity contribution in [3.8, 4) is 5.75 Å². The number of hydrogen-bond acceptors (Lipinski definition) is 5. The second-order valence-corrected chi connectivity index (χ2v) is 4.54. The van der Waals surface area contributed by atoms with Crippen LogP contribution in [0.1, 0.15) is 10.4 Å². The van der Waals surface area contributed by atoms with E-state index in [0.717, 1.165) is 18.2 Å². The van der Waals surface area contributed by atoms with Crippen molar-refractivity contribution in [2.75, 3.05) is 12.4 Å². The highest BCUT2D eigenvalue weighted by atomic mass is 32.2. The van der Waals surface area contributed by atoms with Crippen LogP contribution in [0.25, 0.3) is 0 Å². The number of carboxylic acids is 1. The van der Waals surface area contributed by atoms with Gasteiger partial charge in [0.25, 0.3) is 5.69 Å². The Morgan fingerprint density at radius 2 is 2.10 bits per heavy atom. The Hall–Kier alpha value is -1.97. The van der Waals surface area contributed by atoms with E-state index in [4.69, 9.17) is 9.84 Å². The fraction of sp³-hybridized carbons (Fsp3) is 0.300. The second-order valence-electron chi connectivity index (χ2n) is 3.38. The first-order valence-electron chi connectivity index (χ1n) is 5.06. The Kier molecular flexibility index (Phi) is 5.19. The molecule has 0 saturated carbocycles. The highest BCUT2D eigenvalue weighted by Crippen LogP contribution is 2.30. The summed E-state index contributed by atoms with van der Waals surface area (Å²) in [5, 5.41) is 19.4. The van der Waals surface area contributed by atoms with Crippen LogP contribution in [0.5, 0.6) is 5.75 Å². The van der Waals surface area contributed by atoms with Crippen molar-refractivity contribution in [3.63, 3.8) is 0 Å². The van der Waals surface area contributed by atoms with Crippen LogP contribution in [-0.4, -0.2) is 33.9 Å². The average molecular weight is 311 g/mol. The molecule has 1 rings (SSSR count). The lowest BCUT2D eigenvalue weighted by atomic mass is 10.2. The van der Waals surface area contributed by atoms with Gasteiger partial charge in [-0.2, -0.15) is 13.2 Å².